The number of aromatic nitrogens is 2. The third kappa shape index (κ3) is 3.63. The number of hydrogen-bond acceptors (Lipinski definition) is 6. The zero-order valence-corrected chi connectivity index (χ0v) is 13.7. The average molecular weight is 292 g/mol. The van der Waals surface area contributed by atoms with E-state index in [1.807, 2.05) is 6.92 Å². The molecule has 0 amide bonds. The average Bonchev–Trinajstić information content (AvgIpc) is 2.86. The molecule has 1 saturated heterocycles. The molecule has 0 bridgehead atoms. The number of rotatable bonds is 6. The molecule has 1 aromatic rings. The molecule has 1 unspecified atom stereocenters. The smallest absolute Gasteiger partial charge is 0.148 e. The molecule has 1 aliphatic rings. The van der Waals surface area contributed by atoms with E-state index in [2.05, 4.69) is 41.2 Å². The second kappa shape index (κ2) is 7.04. The summed E-state index contributed by atoms with van der Waals surface area (Å²) in [6, 6.07) is 0.605. The van der Waals surface area contributed by atoms with E-state index in [1.165, 1.54) is 19.4 Å². The molecule has 3 N–H and O–H groups in total. The maximum atomic E-state index is 5.60. The first kappa shape index (κ1) is 16.0. The van der Waals surface area contributed by atoms with Gasteiger partial charge in [-0.25, -0.2) is 15.8 Å². The fourth-order valence-corrected chi connectivity index (χ4v) is 3.01. The standard InChI is InChI=1S/C15H28N6/c1-5-7-13-17-14(19-16)11(2)15(18-13)21(4)10-12-8-6-9-20(12)3/h12H,5-10,16H2,1-4H3,(H,17,18,19). The normalized spacial score (nSPS) is 19.0. The van der Waals surface area contributed by atoms with Crippen molar-refractivity contribution >= 4 is 11.6 Å². The van der Waals surface area contributed by atoms with Crippen LogP contribution < -0.4 is 16.2 Å². The van der Waals surface area contributed by atoms with Crippen molar-refractivity contribution in [3.05, 3.63) is 11.4 Å². The third-order valence-corrected chi connectivity index (χ3v) is 4.29. The van der Waals surface area contributed by atoms with Crippen molar-refractivity contribution in [2.75, 3.05) is 37.5 Å². The molecule has 0 aromatic carbocycles. The highest BCUT2D eigenvalue weighted by atomic mass is 15.3. The predicted octanol–water partition coefficient (Wildman–Crippen LogP) is 1.55. The van der Waals surface area contributed by atoms with E-state index < -0.39 is 0 Å². The van der Waals surface area contributed by atoms with E-state index in [0.717, 1.165) is 42.4 Å². The molecule has 118 valence electrons. The van der Waals surface area contributed by atoms with Gasteiger partial charge in [-0.15, -0.1) is 0 Å². The Bertz CT molecular complexity index is 475. The molecule has 21 heavy (non-hydrogen) atoms. The van der Waals surface area contributed by atoms with Crippen molar-refractivity contribution in [1.29, 1.82) is 0 Å². The summed E-state index contributed by atoms with van der Waals surface area (Å²) >= 11 is 0. The Labute approximate surface area is 127 Å². The Morgan fingerprint density at radius 1 is 1.43 bits per heavy atom. The van der Waals surface area contributed by atoms with E-state index in [9.17, 15) is 0 Å². The van der Waals surface area contributed by atoms with Crippen molar-refractivity contribution in [3.63, 3.8) is 0 Å². The van der Waals surface area contributed by atoms with Crippen molar-refractivity contribution < 1.29 is 0 Å². The van der Waals surface area contributed by atoms with Gasteiger partial charge in [0.15, 0.2) is 0 Å². The van der Waals surface area contributed by atoms with Gasteiger partial charge in [-0.2, -0.15) is 0 Å². The molecule has 1 fully saturated rings. The van der Waals surface area contributed by atoms with Gasteiger partial charge < -0.3 is 15.2 Å². The van der Waals surface area contributed by atoms with Crippen molar-refractivity contribution in [3.8, 4) is 0 Å². The summed E-state index contributed by atoms with van der Waals surface area (Å²) in [7, 11) is 4.31. The Kier molecular flexibility index (Phi) is 5.36. The number of nitrogen functional groups attached to an aromatic ring is 1. The van der Waals surface area contributed by atoms with Gasteiger partial charge >= 0.3 is 0 Å². The molecule has 6 nitrogen and oxygen atoms in total. The van der Waals surface area contributed by atoms with Gasteiger partial charge in [-0.3, -0.25) is 0 Å². The molecule has 6 heteroatoms. The fourth-order valence-electron chi connectivity index (χ4n) is 3.01. The second-order valence-corrected chi connectivity index (χ2v) is 5.99. The quantitative estimate of drug-likeness (QED) is 0.612. The van der Waals surface area contributed by atoms with Crippen LogP contribution in [0.25, 0.3) is 0 Å². The topological polar surface area (TPSA) is 70.3 Å². The Morgan fingerprint density at radius 2 is 2.19 bits per heavy atom. The Balaban J connectivity index is 2.21. The van der Waals surface area contributed by atoms with Gasteiger partial charge in [0.1, 0.15) is 17.5 Å². The SMILES string of the molecule is CCCc1nc(NN)c(C)c(N(C)CC2CCCN2C)n1. The summed E-state index contributed by atoms with van der Waals surface area (Å²) in [4.78, 5) is 13.9. The van der Waals surface area contributed by atoms with Gasteiger partial charge in [-0.1, -0.05) is 6.92 Å². The molecular weight excluding hydrogens is 264 g/mol. The Morgan fingerprint density at radius 3 is 2.76 bits per heavy atom. The van der Waals surface area contributed by atoms with Crippen LogP contribution in [-0.4, -0.2) is 48.1 Å². The van der Waals surface area contributed by atoms with Crippen LogP contribution in [0.5, 0.6) is 0 Å². The first-order valence-corrected chi connectivity index (χ1v) is 7.82. The lowest BCUT2D eigenvalue weighted by Crippen LogP contribution is -2.37. The third-order valence-electron chi connectivity index (χ3n) is 4.29. The number of likely N-dealkylation sites (tertiary alicyclic amines) is 1. The fraction of sp³-hybridized carbons (Fsp3) is 0.733. The van der Waals surface area contributed by atoms with Crippen molar-refractivity contribution in [2.24, 2.45) is 5.84 Å². The maximum Gasteiger partial charge on any atom is 0.148 e. The highest BCUT2D eigenvalue weighted by molar-refractivity contribution is 5.58. The zero-order chi connectivity index (χ0) is 15.4. The predicted molar refractivity (Wildman–Crippen MR) is 87.5 cm³/mol. The summed E-state index contributed by atoms with van der Waals surface area (Å²) in [6.07, 6.45) is 4.45. The van der Waals surface area contributed by atoms with Crippen molar-refractivity contribution in [1.82, 2.24) is 14.9 Å². The molecule has 2 heterocycles. The van der Waals surface area contributed by atoms with E-state index in [0.29, 0.717) is 6.04 Å². The lowest BCUT2D eigenvalue weighted by Gasteiger charge is -2.28. The minimum atomic E-state index is 0.605. The summed E-state index contributed by atoms with van der Waals surface area (Å²) in [5.74, 6) is 8.18. The van der Waals surface area contributed by atoms with Crippen LogP contribution in [0.2, 0.25) is 0 Å². The summed E-state index contributed by atoms with van der Waals surface area (Å²) in [6.45, 7) is 6.34. The molecule has 0 saturated carbocycles. The minimum Gasteiger partial charge on any atom is -0.358 e. The molecule has 2 rings (SSSR count). The molecule has 0 spiro atoms. The summed E-state index contributed by atoms with van der Waals surface area (Å²) < 4.78 is 0. The van der Waals surface area contributed by atoms with Crippen LogP contribution in [0.3, 0.4) is 0 Å². The van der Waals surface area contributed by atoms with Crippen LogP contribution in [0.4, 0.5) is 11.6 Å². The molecule has 1 atom stereocenters. The first-order valence-electron chi connectivity index (χ1n) is 7.82. The number of nitrogens with zero attached hydrogens (tertiary/aromatic N) is 4. The molecule has 0 radical (unpaired) electrons. The monoisotopic (exact) mass is 292 g/mol. The molecule has 1 aromatic heterocycles. The highest BCUT2D eigenvalue weighted by Crippen LogP contribution is 2.24. The van der Waals surface area contributed by atoms with E-state index in [-0.39, 0.29) is 0 Å². The van der Waals surface area contributed by atoms with Crippen LogP contribution in [0, 0.1) is 6.92 Å². The Hall–Kier alpha value is -1.40. The van der Waals surface area contributed by atoms with Gasteiger partial charge in [0.2, 0.25) is 0 Å². The maximum absolute atomic E-state index is 5.60. The zero-order valence-electron chi connectivity index (χ0n) is 13.7. The number of aryl methyl sites for hydroxylation is 1. The summed E-state index contributed by atoms with van der Waals surface area (Å²) in [5.41, 5.74) is 3.72. The molecule has 1 aliphatic heterocycles. The lowest BCUT2D eigenvalue weighted by atomic mass is 10.2. The number of nitrogens with one attached hydrogen (secondary N) is 1. The van der Waals surface area contributed by atoms with Crippen LogP contribution in [0.1, 0.15) is 37.6 Å². The van der Waals surface area contributed by atoms with Gasteiger partial charge in [0.05, 0.1) is 0 Å². The summed E-state index contributed by atoms with van der Waals surface area (Å²) in [5, 5.41) is 0. The number of hydrazine groups is 1. The van der Waals surface area contributed by atoms with Crippen LogP contribution in [-0.2, 0) is 6.42 Å². The van der Waals surface area contributed by atoms with Crippen LogP contribution >= 0.6 is 0 Å². The molecule has 0 aliphatic carbocycles. The van der Waals surface area contributed by atoms with E-state index in [4.69, 9.17) is 10.8 Å². The number of nitrogens with two attached hydrogens (primary N) is 1. The largest absolute Gasteiger partial charge is 0.358 e. The van der Waals surface area contributed by atoms with Gasteiger partial charge in [0.25, 0.3) is 0 Å². The highest BCUT2D eigenvalue weighted by Gasteiger charge is 2.24. The number of likely N-dealkylation sites (N-methyl/N-ethyl adjacent to an activating group) is 2. The van der Waals surface area contributed by atoms with Gasteiger partial charge in [-0.05, 0) is 39.8 Å². The van der Waals surface area contributed by atoms with E-state index in [1.54, 1.807) is 0 Å². The van der Waals surface area contributed by atoms with Crippen LogP contribution in [0.15, 0.2) is 0 Å². The minimum absolute atomic E-state index is 0.605. The first-order chi connectivity index (χ1) is 10.1. The number of hydrogen-bond donors (Lipinski definition) is 2. The molecular formula is C15H28N6. The van der Waals surface area contributed by atoms with Crippen molar-refractivity contribution in [2.45, 2.75) is 45.6 Å². The second-order valence-electron chi connectivity index (χ2n) is 5.99. The lowest BCUT2D eigenvalue weighted by molar-refractivity contribution is 0.314. The number of anilines is 2. The van der Waals surface area contributed by atoms with Gasteiger partial charge in [0, 0.05) is 31.6 Å². The van der Waals surface area contributed by atoms with E-state index >= 15 is 0 Å².